The number of pyridine rings is 1. The largest absolute Gasteiger partial charge is 0.394 e. The zero-order chi connectivity index (χ0) is 20.4. The van der Waals surface area contributed by atoms with Crippen LogP contribution in [0.1, 0.15) is 28.3 Å². The Bertz CT molecular complexity index is 1180. The van der Waals surface area contributed by atoms with E-state index in [-0.39, 0.29) is 29.6 Å². The number of nitrogens with one attached hydrogen (secondary N) is 1. The van der Waals surface area contributed by atoms with Gasteiger partial charge in [-0.3, -0.25) is 9.98 Å². The summed E-state index contributed by atoms with van der Waals surface area (Å²) in [5, 5.41) is 19.0. The van der Waals surface area contributed by atoms with Gasteiger partial charge in [0.25, 0.3) is 0 Å². The monoisotopic (exact) mass is 466 g/mol. The molecule has 0 aliphatic heterocycles. The maximum absolute atomic E-state index is 10.2. The quantitative estimate of drug-likeness (QED) is 0.443. The second-order valence-electron chi connectivity index (χ2n) is 7.64. The number of aromatic nitrogens is 3. The second kappa shape index (κ2) is 9.41. The van der Waals surface area contributed by atoms with Crippen LogP contribution >= 0.6 is 17.0 Å². The molecular weight excluding hydrogens is 440 g/mol. The summed E-state index contributed by atoms with van der Waals surface area (Å²) < 4.78 is 3.83. The van der Waals surface area contributed by atoms with Gasteiger partial charge in [-0.25, -0.2) is 4.98 Å². The third-order valence-corrected chi connectivity index (χ3v) is 5.40. The molecule has 0 fully saturated rings. The number of fused-ring (bicyclic) bond motifs is 1. The van der Waals surface area contributed by atoms with Gasteiger partial charge in [0.2, 0.25) is 5.62 Å². The van der Waals surface area contributed by atoms with E-state index in [0.29, 0.717) is 18.6 Å². The third kappa shape index (κ3) is 4.40. The lowest BCUT2D eigenvalue weighted by molar-refractivity contribution is 0.225. The predicted molar refractivity (Wildman–Crippen MR) is 125 cm³/mol. The van der Waals surface area contributed by atoms with E-state index in [9.17, 15) is 5.11 Å². The molecule has 5 nitrogen and oxygen atoms in total. The van der Waals surface area contributed by atoms with Gasteiger partial charge >= 0.3 is 0 Å². The van der Waals surface area contributed by atoms with Gasteiger partial charge in [-0.05, 0) is 43.5 Å². The van der Waals surface area contributed by atoms with Gasteiger partial charge in [-0.15, -0.1) is 17.0 Å². The van der Waals surface area contributed by atoms with E-state index >= 15 is 0 Å². The van der Waals surface area contributed by atoms with Crippen molar-refractivity contribution >= 4 is 28.1 Å². The molecule has 0 aliphatic rings. The fourth-order valence-electron chi connectivity index (χ4n) is 3.74. The van der Waals surface area contributed by atoms with Crippen LogP contribution in [0.25, 0.3) is 11.2 Å². The number of aliphatic hydroxyl groups is 1. The molecule has 0 radical (unpaired) electrons. The van der Waals surface area contributed by atoms with Crippen molar-refractivity contribution in [2.75, 3.05) is 6.61 Å². The van der Waals surface area contributed by atoms with E-state index < -0.39 is 0 Å². The maximum atomic E-state index is 10.2. The molecule has 2 aromatic carbocycles. The first kappa shape index (κ1) is 22.0. The van der Waals surface area contributed by atoms with Crippen molar-refractivity contribution in [1.82, 2.24) is 14.1 Å². The molecule has 0 saturated heterocycles. The smallest absolute Gasteiger partial charge is 0.204 e. The standard InChI is InChI=1S/C24H26N4O.BrH/c1-17-5-9-19(10-6-17)14-21(16-29)28-23-22(4-3-13-26-23)27(24(28)25)15-20-11-7-18(2)8-12-20;/h3-13,21,25,29H,14-16H2,1-2H3;1H. The Morgan fingerprint density at radius 2 is 1.53 bits per heavy atom. The number of rotatable bonds is 6. The highest BCUT2D eigenvalue weighted by Crippen LogP contribution is 2.20. The third-order valence-electron chi connectivity index (χ3n) is 5.40. The number of hydrogen-bond acceptors (Lipinski definition) is 3. The first-order chi connectivity index (χ1) is 14.1. The second-order valence-corrected chi connectivity index (χ2v) is 7.64. The van der Waals surface area contributed by atoms with Crippen molar-refractivity contribution in [1.29, 1.82) is 5.41 Å². The van der Waals surface area contributed by atoms with E-state index in [1.54, 1.807) is 6.20 Å². The van der Waals surface area contributed by atoms with Crippen LogP contribution in [0.5, 0.6) is 0 Å². The SMILES string of the molecule is Br.Cc1ccc(CC(CO)n2c(=N)n(Cc3ccc(C)cc3)c3cccnc32)cc1. The Kier molecular flexibility index (Phi) is 6.90. The van der Waals surface area contributed by atoms with Gasteiger partial charge in [-0.2, -0.15) is 0 Å². The molecule has 6 heteroatoms. The first-order valence-electron chi connectivity index (χ1n) is 9.89. The average Bonchev–Trinajstić information content (AvgIpc) is 3.01. The molecule has 1 unspecified atom stereocenters. The molecule has 2 heterocycles. The molecule has 0 amide bonds. The molecular formula is C24H27BrN4O. The Balaban J connectivity index is 0.00000256. The number of aryl methyl sites for hydroxylation is 2. The first-order valence-corrected chi connectivity index (χ1v) is 9.89. The number of halogens is 1. The van der Waals surface area contributed by atoms with Crippen molar-refractivity contribution in [3.05, 3.63) is 94.7 Å². The molecule has 156 valence electrons. The summed E-state index contributed by atoms with van der Waals surface area (Å²) >= 11 is 0. The molecule has 30 heavy (non-hydrogen) atoms. The van der Waals surface area contributed by atoms with E-state index in [1.807, 2.05) is 21.3 Å². The zero-order valence-electron chi connectivity index (χ0n) is 17.2. The minimum absolute atomic E-state index is 0. The summed E-state index contributed by atoms with van der Waals surface area (Å²) in [4.78, 5) is 4.55. The van der Waals surface area contributed by atoms with E-state index in [2.05, 4.69) is 67.4 Å². The average molecular weight is 467 g/mol. The van der Waals surface area contributed by atoms with Gasteiger partial charge in [0.05, 0.1) is 24.7 Å². The Morgan fingerprint density at radius 1 is 0.933 bits per heavy atom. The summed E-state index contributed by atoms with van der Waals surface area (Å²) in [5.74, 6) is 0. The Labute approximate surface area is 186 Å². The van der Waals surface area contributed by atoms with Gasteiger partial charge in [-0.1, -0.05) is 59.7 Å². The van der Waals surface area contributed by atoms with Crippen molar-refractivity contribution < 1.29 is 5.11 Å². The number of hydrogen-bond donors (Lipinski definition) is 2. The van der Waals surface area contributed by atoms with E-state index in [4.69, 9.17) is 5.41 Å². The molecule has 1 atom stereocenters. The van der Waals surface area contributed by atoms with Gasteiger partial charge < -0.3 is 9.67 Å². The fraction of sp³-hybridized carbons (Fsp3) is 0.250. The van der Waals surface area contributed by atoms with Crippen molar-refractivity contribution in [2.24, 2.45) is 0 Å². The van der Waals surface area contributed by atoms with E-state index in [1.165, 1.54) is 11.1 Å². The number of benzene rings is 2. The van der Waals surface area contributed by atoms with Crippen LogP contribution in [0.4, 0.5) is 0 Å². The highest BCUT2D eigenvalue weighted by atomic mass is 79.9. The van der Waals surface area contributed by atoms with Crippen LogP contribution in [-0.4, -0.2) is 25.8 Å². The van der Waals surface area contributed by atoms with Crippen LogP contribution in [0.2, 0.25) is 0 Å². The molecule has 2 N–H and O–H groups in total. The number of nitrogens with zero attached hydrogens (tertiary/aromatic N) is 3. The van der Waals surface area contributed by atoms with Crippen LogP contribution in [-0.2, 0) is 13.0 Å². The van der Waals surface area contributed by atoms with E-state index in [0.717, 1.165) is 22.3 Å². The summed E-state index contributed by atoms with van der Waals surface area (Å²) in [6, 6.07) is 20.3. The highest BCUT2D eigenvalue weighted by Gasteiger charge is 2.19. The van der Waals surface area contributed by atoms with Crippen molar-refractivity contribution in [2.45, 2.75) is 32.9 Å². The Morgan fingerprint density at radius 3 is 2.13 bits per heavy atom. The summed E-state index contributed by atoms with van der Waals surface area (Å²) in [6.45, 7) is 4.67. The lowest BCUT2D eigenvalue weighted by Gasteiger charge is -2.17. The van der Waals surface area contributed by atoms with Gasteiger partial charge in [0.1, 0.15) is 0 Å². The maximum Gasteiger partial charge on any atom is 0.204 e. The van der Waals surface area contributed by atoms with Crippen LogP contribution < -0.4 is 5.62 Å². The fourth-order valence-corrected chi connectivity index (χ4v) is 3.74. The van der Waals surface area contributed by atoms with Crippen LogP contribution in [0, 0.1) is 19.3 Å². The minimum Gasteiger partial charge on any atom is -0.394 e. The number of imidazole rings is 1. The van der Waals surface area contributed by atoms with Gasteiger partial charge in [0.15, 0.2) is 5.65 Å². The van der Waals surface area contributed by atoms with Crippen molar-refractivity contribution in [3.8, 4) is 0 Å². The molecule has 0 bridgehead atoms. The van der Waals surface area contributed by atoms with Crippen LogP contribution in [0.3, 0.4) is 0 Å². The molecule has 2 aromatic heterocycles. The summed E-state index contributed by atoms with van der Waals surface area (Å²) in [5.41, 5.74) is 6.68. The van der Waals surface area contributed by atoms with Gasteiger partial charge in [0, 0.05) is 6.20 Å². The summed E-state index contributed by atoms with van der Waals surface area (Å²) in [7, 11) is 0. The molecule has 0 aliphatic carbocycles. The topological polar surface area (TPSA) is 66.8 Å². The molecule has 0 spiro atoms. The molecule has 4 rings (SSSR count). The highest BCUT2D eigenvalue weighted by molar-refractivity contribution is 8.93. The molecule has 4 aromatic rings. The minimum atomic E-state index is -0.248. The summed E-state index contributed by atoms with van der Waals surface area (Å²) in [6.07, 6.45) is 2.39. The lowest BCUT2D eigenvalue weighted by atomic mass is 10.0. The Hall–Kier alpha value is -2.70. The van der Waals surface area contributed by atoms with Crippen molar-refractivity contribution in [3.63, 3.8) is 0 Å². The van der Waals surface area contributed by atoms with Crippen LogP contribution in [0.15, 0.2) is 66.9 Å². The normalized spacial score (nSPS) is 12.0. The number of aliphatic hydroxyl groups excluding tert-OH is 1. The lowest BCUT2D eigenvalue weighted by Crippen LogP contribution is -2.31. The molecule has 0 saturated carbocycles. The zero-order valence-corrected chi connectivity index (χ0v) is 19.0. The predicted octanol–water partition coefficient (Wildman–Crippen LogP) is 4.34.